The summed E-state index contributed by atoms with van der Waals surface area (Å²) in [5.74, 6) is 1.82. The van der Waals surface area contributed by atoms with Crippen molar-refractivity contribution in [3.05, 3.63) is 71.8 Å². The van der Waals surface area contributed by atoms with Crippen LogP contribution in [0.5, 0.6) is 5.75 Å². The molecule has 7 heteroatoms. The summed E-state index contributed by atoms with van der Waals surface area (Å²) in [7, 11) is 4.19. The molecule has 6 nitrogen and oxygen atoms in total. The van der Waals surface area contributed by atoms with E-state index in [4.69, 9.17) is 4.74 Å². The lowest BCUT2D eigenvalue weighted by Crippen LogP contribution is -2.41. The SMILES string of the molecule is CCCCC1(CCCC)CSc2ccc(N(C)C)cc2[C@@H](c2ccc(OCCCCCNCCc3cnc[nH]3)cc2)[C@H]1O. The van der Waals surface area contributed by atoms with Gasteiger partial charge < -0.3 is 25.0 Å². The number of benzene rings is 2. The number of rotatable bonds is 18. The molecule has 0 spiro atoms. The summed E-state index contributed by atoms with van der Waals surface area (Å²) in [6.07, 6.45) is 14.3. The molecule has 0 bridgehead atoms. The van der Waals surface area contributed by atoms with Crippen molar-refractivity contribution in [1.29, 1.82) is 0 Å². The molecule has 2 heterocycles. The number of unbranched alkanes of at least 4 members (excludes halogenated alkanes) is 4. The Hall–Kier alpha value is -2.48. The Bertz CT molecular complexity index is 1190. The second kappa shape index (κ2) is 17.1. The van der Waals surface area contributed by atoms with E-state index in [0.29, 0.717) is 0 Å². The zero-order valence-corrected chi connectivity index (χ0v) is 27.7. The first-order valence-corrected chi connectivity index (χ1v) is 17.5. The van der Waals surface area contributed by atoms with Gasteiger partial charge >= 0.3 is 0 Å². The number of thioether (sulfide) groups is 1. The van der Waals surface area contributed by atoms with Crippen molar-refractivity contribution >= 4 is 17.4 Å². The Balaban J connectivity index is 1.40. The van der Waals surface area contributed by atoms with Gasteiger partial charge in [0, 0.05) is 66.6 Å². The van der Waals surface area contributed by atoms with Gasteiger partial charge in [0.15, 0.2) is 0 Å². The Kier molecular flexibility index (Phi) is 13.3. The van der Waals surface area contributed by atoms with Crippen LogP contribution in [0, 0.1) is 5.41 Å². The molecule has 0 fully saturated rings. The Labute approximate surface area is 264 Å². The van der Waals surface area contributed by atoms with E-state index in [1.54, 1.807) is 6.33 Å². The van der Waals surface area contributed by atoms with Gasteiger partial charge in [-0.3, -0.25) is 0 Å². The van der Waals surface area contributed by atoms with Gasteiger partial charge in [-0.25, -0.2) is 4.98 Å². The maximum absolute atomic E-state index is 12.4. The number of aromatic amines is 1. The van der Waals surface area contributed by atoms with Crippen molar-refractivity contribution in [1.82, 2.24) is 15.3 Å². The monoisotopic (exact) mass is 606 g/mol. The van der Waals surface area contributed by atoms with Gasteiger partial charge in [-0.1, -0.05) is 51.7 Å². The summed E-state index contributed by atoms with van der Waals surface area (Å²) in [6.45, 7) is 7.25. The van der Waals surface area contributed by atoms with Gasteiger partial charge in [-0.15, -0.1) is 11.8 Å². The number of fused-ring (bicyclic) bond motifs is 1. The first kappa shape index (κ1) is 33.4. The van der Waals surface area contributed by atoms with Crippen LogP contribution in [-0.4, -0.2) is 60.7 Å². The lowest BCUT2D eigenvalue weighted by Gasteiger charge is -2.40. The summed E-state index contributed by atoms with van der Waals surface area (Å²) in [5.41, 5.74) is 4.69. The van der Waals surface area contributed by atoms with Crippen LogP contribution in [0.2, 0.25) is 0 Å². The molecule has 3 aromatic rings. The highest BCUT2D eigenvalue weighted by Gasteiger charge is 2.45. The van der Waals surface area contributed by atoms with E-state index in [1.807, 2.05) is 18.0 Å². The number of nitrogens with zero attached hydrogens (tertiary/aromatic N) is 2. The van der Waals surface area contributed by atoms with Crippen molar-refractivity contribution < 1.29 is 9.84 Å². The Morgan fingerprint density at radius 1 is 1.00 bits per heavy atom. The molecule has 2 aromatic carbocycles. The smallest absolute Gasteiger partial charge is 0.119 e. The van der Waals surface area contributed by atoms with Gasteiger partial charge in [0.1, 0.15) is 5.75 Å². The Morgan fingerprint density at radius 2 is 1.77 bits per heavy atom. The number of H-pyrrole nitrogens is 1. The average molecular weight is 607 g/mol. The van der Waals surface area contributed by atoms with Crippen molar-refractivity contribution in [2.75, 3.05) is 44.4 Å². The van der Waals surface area contributed by atoms with Crippen molar-refractivity contribution in [3.8, 4) is 5.75 Å². The van der Waals surface area contributed by atoms with Crippen molar-refractivity contribution in [2.45, 2.75) is 95.0 Å². The molecule has 0 saturated carbocycles. The highest BCUT2D eigenvalue weighted by atomic mass is 32.2. The van der Waals surface area contributed by atoms with E-state index < -0.39 is 6.10 Å². The molecule has 1 aliphatic heterocycles. The van der Waals surface area contributed by atoms with Crippen LogP contribution in [0.4, 0.5) is 5.69 Å². The molecule has 0 unspecified atom stereocenters. The number of imidazole rings is 1. The van der Waals surface area contributed by atoms with Crippen molar-refractivity contribution in [2.24, 2.45) is 5.41 Å². The quantitative estimate of drug-likeness (QED) is 0.128. The molecule has 4 rings (SSSR count). The summed E-state index contributed by atoms with van der Waals surface area (Å²) in [5, 5.41) is 15.9. The van der Waals surface area contributed by atoms with E-state index in [0.717, 1.165) is 95.4 Å². The number of nitrogens with one attached hydrogen (secondary N) is 2. The summed E-state index contributed by atoms with van der Waals surface area (Å²) >= 11 is 1.95. The third-order valence-electron chi connectivity index (χ3n) is 8.99. The number of aromatic nitrogens is 2. The number of anilines is 1. The highest BCUT2D eigenvalue weighted by molar-refractivity contribution is 7.99. The Morgan fingerprint density at radius 3 is 2.44 bits per heavy atom. The number of ether oxygens (including phenoxy) is 1. The molecular formula is C36H54N4O2S. The fourth-order valence-electron chi connectivity index (χ4n) is 6.26. The van der Waals surface area contributed by atoms with Crippen LogP contribution in [0.25, 0.3) is 0 Å². The molecule has 0 saturated heterocycles. The lowest BCUT2D eigenvalue weighted by molar-refractivity contribution is 0.0135. The van der Waals surface area contributed by atoms with E-state index in [9.17, 15) is 5.11 Å². The summed E-state index contributed by atoms with van der Waals surface area (Å²) in [4.78, 5) is 10.7. The molecule has 1 aromatic heterocycles. The first-order chi connectivity index (χ1) is 21.0. The molecule has 236 valence electrons. The summed E-state index contributed by atoms with van der Waals surface area (Å²) in [6, 6.07) is 15.4. The second-order valence-electron chi connectivity index (χ2n) is 12.5. The number of hydrogen-bond donors (Lipinski definition) is 3. The minimum Gasteiger partial charge on any atom is -0.494 e. The summed E-state index contributed by atoms with van der Waals surface area (Å²) < 4.78 is 6.14. The second-order valence-corrected chi connectivity index (χ2v) is 13.5. The number of hydrogen-bond acceptors (Lipinski definition) is 6. The van der Waals surface area contributed by atoms with Crippen LogP contribution < -0.4 is 15.0 Å². The van der Waals surface area contributed by atoms with Crippen LogP contribution >= 0.6 is 11.8 Å². The van der Waals surface area contributed by atoms with Crippen LogP contribution in [-0.2, 0) is 6.42 Å². The number of aliphatic hydroxyl groups is 1. The predicted molar refractivity (Wildman–Crippen MR) is 182 cm³/mol. The fourth-order valence-corrected chi connectivity index (χ4v) is 7.68. The zero-order valence-electron chi connectivity index (χ0n) is 26.9. The molecular weight excluding hydrogens is 552 g/mol. The standard InChI is InChI=1S/C36H54N4O2S/c1-5-7-19-36(20-8-6-2)26-43-33-17-14-30(40(3)4)24-32(33)34(35(36)41)28-12-15-31(16-13-28)42-23-11-9-10-21-37-22-18-29-25-38-27-39-29/h12-17,24-25,27,34-35,37,41H,5-11,18-23,26H2,1-4H3,(H,38,39)/t34-,35-/m1/s1. The van der Waals surface area contributed by atoms with Gasteiger partial charge in [-0.05, 0) is 80.1 Å². The fraction of sp³-hybridized carbons (Fsp3) is 0.583. The van der Waals surface area contributed by atoms with Crippen LogP contribution in [0.15, 0.2) is 59.9 Å². The largest absolute Gasteiger partial charge is 0.494 e. The van der Waals surface area contributed by atoms with E-state index in [2.05, 4.69) is 90.6 Å². The van der Waals surface area contributed by atoms with E-state index in [1.165, 1.54) is 27.4 Å². The maximum atomic E-state index is 12.4. The molecule has 43 heavy (non-hydrogen) atoms. The first-order valence-electron chi connectivity index (χ1n) is 16.5. The average Bonchev–Trinajstić information content (AvgIpc) is 3.51. The minimum atomic E-state index is -0.434. The molecule has 1 aliphatic rings. The normalized spacial score (nSPS) is 17.8. The minimum absolute atomic E-state index is 0.0616. The topological polar surface area (TPSA) is 73.4 Å². The molecule has 0 aliphatic carbocycles. The van der Waals surface area contributed by atoms with Gasteiger partial charge in [0.2, 0.25) is 0 Å². The van der Waals surface area contributed by atoms with Gasteiger partial charge in [0.25, 0.3) is 0 Å². The number of aliphatic hydroxyl groups excluding tert-OH is 1. The van der Waals surface area contributed by atoms with Crippen molar-refractivity contribution in [3.63, 3.8) is 0 Å². The van der Waals surface area contributed by atoms with Crippen LogP contribution in [0.1, 0.15) is 94.4 Å². The third-order valence-corrected chi connectivity index (χ3v) is 10.4. The molecule has 3 N–H and O–H groups in total. The van der Waals surface area contributed by atoms with Crippen LogP contribution in [0.3, 0.4) is 0 Å². The third kappa shape index (κ3) is 9.26. The maximum Gasteiger partial charge on any atom is 0.119 e. The van der Waals surface area contributed by atoms with Gasteiger partial charge in [-0.2, -0.15) is 0 Å². The lowest BCUT2D eigenvalue weighted by atomic mass is 9.68. The van der Waals surface area contributed by atoms with Gasteiger partial charge in [0.05, 0.1) is 19.0 Å². The zero-order chi connectivity index (χ0) is 30.5. The van der Waals surface area contributed by atoms with E-state index in [-0.39, 0.29) is 11.3 Å². The highest BCUT2D eigenvalue weighted by Crippen LogP contribution is 2.52. The van der Waals surface area contributed by atoms with E-state index >= 15 is 0 Å². The molecule has 2 atom stereocenters. The molecule has 0 amide bonds. The predicted octanol–water partition coefficient (Wildman–Crippen LogP) is 7.82. The molecule has 0 radical (unpaired) electrons.